The van der Waals surface area contributed by atoms with Crippen molar-refractivity contribution in [3.8, 4) is 0 Å². The summed E-state index contributed by atoms with van der Waals surface area (Å²) in [6.45, 7) is 1.47. The molecule has 1 aromatic carbocycles. The van der Waals surface area contributed by atoms with Crippen LogP contribution >= 0.6 is 11.6 Å². The van der Waals surface area contributed by atoms with E-state index in [1.165, 1.54) is 11.0 Å². The maximum absolute atomic E-state index is 13.2. The normalized spacial score (nSPS) is 18.1. The van der Waals surface area contributed by atoms with Gasteiger partial charge < -0.3 is 4.90 Å². The van der Waals surface area contributed by atoms with Crippen LogP contribution < -0.4 is 0 Å². The molecule has 1 aliphatic carbocycles. The van der Waals surface area contributed by atoms with Crippen LogP contribution in [0, 0.1) is 0 Å². The highest BCUT2D eigenvalue weighted by molar-refractivity contribution is 6.32. The summed E-state index contributed by atoms with van der Waals surface area (Å²) in [5.74, 6) is -0.498. The van der Waals surface area contributed by atoms with Crippen molar-refractivity contribution < 1.29 is 31.1 Å². The fourth-order valence-corrected chi connectivity index (χ4v) is 4.39. The first-order chi connectivity index (χ1) is 15.4. The zero-order chi connectivity index (χ0) is 24.0. The number of nitrogens with zero attached hydrogens (tertiary/aromatic N) is 4. The van der Waals surface area contributed by atoms with Crippen molar-refractivity contribution in [1.29, 1.82) is 0 Å². The first kappa shape index (κ1) is 23.9. The molecule has 33 heavy (non-hydrogen) atoms. The minimum Gasteiger partial charge on any atom is -0.339 e. The number of hydrogen-bond donors (Lipinski definition) is 0. The van der Waals surface area contributed by atoms with E-state index < -0.39 is 28.6 Å². The van der Waals surface area contributed by atoms with Crippen molar-refractivity contribution in [2.24, 2.45) is 0 Å². The molecule has 0 radical (unpaired) electrons. The highest BCUT2D eigenvalue weighted by atomic mass is 35.5. The average Bonchev–Trinajstić information content (AvgIpc) is 3.50. The summed E-state index contributed by atoms with van der Waals surface area (Å²) in [6, 6.07) is 5.10. The Morgan fingerprint density at radius 1 is 1.03 bits per heavy atom. The summed E-state index contributed by atoms with van der Waals surface area (Å²) in [4.78, 5) is 16.2. The first-order valence-corrected chi connectivity index (χ1v) is 10.8. The molecule has 1 aromatic heterocycles. The Bertz CT molecular complexity index is 1020. The molecule has 5 nitrogen and oxygen atoms in total. The molecule has 2 heterocycles. The second kappa shape index (κ2) is 8.83. The molecule has 2 aliphatic rings. The third-order valence-corrected chi connectivity index (χ3v) is 6.21. The number of aromatic nitrogens is 2. The van der Waals surface area contributed by atoms with Crippen LogP contribution in [0.1, 0.15) is 41.3 Å². The molecule has 2 aromatic rings. The Morgan fingerprint density at radius 3 is 2.27 bits per heavy atom. The molecule has 12 heteroatoms. The summed E-state index contributed by atoms with van der Waals surface area (Å²) in [5.41, 5.74) is -1.12. The molecule has 180 valence electrons. The van der Waals surface area contributed by atoms with Gasteiger partial charge in [-0.1, -0.05) is 29.8 Å². The highest BCUT2D eigenvalue weighted by Crippen LogP contribution is 2.46. The van der Waals surface area contributed by atoms with Gasteiger partial charge in [-0.2, -0.15) is 31.4 Å². The highest BCUT2D eigenvalue weighted by Gasteiger charge is 2.42. The average molecular weight is 495 g/mol. The van der Waals surface area contributed by atoms with Crippen LogP contribution in [0.2, 0.25) is 5.02 Å². The molecular formula is C21H21ClF6N4O. The Hall–Kier alpha value is -2.27. The van der Waals surface area contributed by atoms with Crippen molar-refractivity contribution >= 4 is 17.5 Å². The van der Waals surface area contributed by atoms with Gasteiger partial charge in [0, 0.05) is 38.6 Å². The van der Waals surface area contributed by atoms with E-state index in [2.05, 4.69) is 5.10 Å². The van der Waals surface area contributed by atoms with Crippen LogP contribution in [-0.4, -0.2) is 51.7 Å². The third-order valence-electron chi connectivity index (χ3n) is 5.83. The molecule has 0 N–H and O–H groups in total. The predicted octanol–water partition coefficient (Wildman–Crippen LogP) is 4.80. The number of amides is 1. The van der Waals surface area contributed by atoms with Crippen LogP contribution in [0.3, 0.4) is 0 Å². The Balaban J connectivity index is 1.37. The topological polar surface area (TPSA) is 41.4 Å². The van der Waals surface area contributed by atoms with Gasteiger partial charge in [0.25, 0.3) is 0 Å². The number of piperazine rings is 1. The van der Waals surface area contributed by atoms with Gasteiger partial charge in [0.2, 0.25) is 5.91 Å². The molecule has 1 aliphatic heterocycles. The summed E-state index contributed by atoms with van der Waals surface area (Å²) in [7, 11) is 0. The van der Waals surface area contributed by atoms with Crippen molar-refractivity contribution in [3.05, 3.63) is 51.8 Å². The summed E-state index contributed by atoms with van der Waals surface area (Å²) < 4.78 is 79.4. The molecule has 1 amide bonds. The van der Waals surface area contributed by atoms with E-state index in [-0.39, 0.29) is 24.1 Å². The molecular weight excluding hydrogens is 474 g/mol. The van der Waals surface area contributed by atoms with Gasteiger partial charge >= 0.3 is 12.4 Å². The van der Waals surface area contributed by atoms with Crippen LogP contribution in [0.25, 0.3) is 0 Å². The van der Waals surface area contributed by atoms with E-state index >= 15 is 0 Å². The van der Waals surface area contributed by atoms with E-state index in [9.17, 15) is 31.1 Å². The van der Waals surface area contributed by atoms with Crippen LogP contribution in [-0.2, 0) is 30.2 Å². The van der Waals surface area contributed by atoms with Crippen molar-refractivity contribution in [1.82, 2.24) is 19.6 Å². The number of carbonyl (C=O) groups is 1. The number of hydrogen-bond acceptors (Lipinski definition) is 3. The van der Waals surface area contributed by atoms with Gasteiger partial charge in [-0.3, -0.25) is 14.4 Å². The second-order valence-corrected chi connectivity index (χ2v) is 8.71. The van der Waals surface area contributed by atoms with Gasteiger partial charge in [0.05, 0.1) is 16.3 Å². The summed E-state index contributed by atoms with van der Waals surface area (Å²) in [6.07, 6.45) is -7.72. The van der Waals surface area contributed by atoms with E-state index in [1.807, 2.05) is 4.90 Å². The Labute approximate surface area is 190 Å². The summed E-state index contributed by atoms with van der Waals surface area (Å²) in [5, 5.41) is 3.14. The largest absolute Gasteiger partial charge is 0.436 e. The lowest BCUT2D eigenvalue weighted by Crippen LogP contribution is -2.49. The zero-order valence-corrected chi connectivity index (χ0v) is 18.1. The lowest BCUT2D eigenvalue weighted by atomic mass is 10.1. The lowest BCUT2D eigenvalue weighted by Gasteiger charge is -2.35. The maximum atomic E-state index is 13.2. The molecule has 0 bridgehead atoms. The van der Waals surface area contributed by atoms with Gasteiger partial charge in [-0.25, -0.2) is 0 Å². The Kier molecular flexibility index (Phi) is 6.38. The van der Waals surface area contributed by atoms with Crippen LogP contribution in [0.5, 0.6) is 0 Å². The smallest absolute Gasteiger partial charge is 0.339 e. The van der Waals surface area contributed by atoms with Crippen LogP contribution in [0.4, 0.5) is 26.3 Å². The number of benzene rings is 1. The number of rotatable bonds is 5. The molecule has 2 fully saturated rings. The minimum atomic E-state index is -4.70. The van der Waals surface area contributed by atoms with Crippen molar-refractivity contribution in [2.75, 3.05) is 26.2 Å². The van der Waals surface area contributed by atoms with E-state index in [0.717, 1.165) is 16.8 Å². The van der Waals surface area contributed by atoms with Gasteiger partial charge in [0.15, 0.2) is 5.69 Å². The molecule has 0 atom stereocenters. The monoisotopic (exact) mass is 494 g/mol. The van der Waals surface area contributed by atoms with E-state index in [0.29, 0.717) is 51.1 Å². The first-order valence-electron chi connectivity index (χ1n) is 10.4. The SMILES string of the molecule is O=C(Cn1nc(C(F)(F)F)c(Cl)c1C1CC1)N1CCN(Cc2cccc(C(F)(F)F)c2)CC1. The lowest BCUT2D eigenvalue weighted by molar-refractivity contribution is -0.142. The van der Waals surface area contributed by atoms with E-state index in [1.54, 1.807) is 6.07 Å². The number of carbonyl (C=O) groups excluding carboxylic acids is 1. The summed E-state index contributed by atoms with van der Waals surface area (Å²) >= 11 is 5.95. The predicted molar refractivity (Wildman–Crippen MR) is 108 cm³/mol. The van der Waals surface area contributed by atoms with Gasteiger partial charge in [0.1, 0.15) is 6.54 Å². The Morgan fingerprint density at radius 2 is 1.70 bits per heavy atom. The van der Waals surface area contributed by atoms with Crippen molar-refractivity contribution in [2.45, 2.75) is 44.2 Å². The van der Waals surface area contributed by atoms with E-state index in [4.69, 9.17) is 11.6 Å². The van der Waals surface area contributed by atoms with Gasteiger partial charge in [-0.15, -0.1) is 0 Å². The molecule has 0 unspecified atom stereocenters. The maximum Gasteiger partial charge on any atom is 0.436 e. The van der Waals surface area contributed by atoms with Crippen molar-refractivity contribution in [3.63, 3.8) is 0 Å². The molecule has 4 rings (SSSR count). The number of halogens is 7. The minimum absolute atomic E-state index is 0.127. The standard InChI is InChI=1S/C21H21ClF6N4O/c22-17-18(14-4-5-14)32(29-19(17)21(26,27)28)12-16(33)31-8-6-30(7-9-31)11-13-2-1-3-15(10-13)20(23,24)25/h1-3,10,14H,4-9,11-12H2. The molecule has 1 saturated heterocycles. The quantitative estimate of drug-likeness (QED) is 0.561. The second-order valence-electron chi connectivity index (χ2n) is 8.33. The molecule has 1 saturated carbocycles. The van der Waals surface area contributed by atoms with Gasteiger partial charge in [-0.05, 0) is 24.5 Å². The molecule has 0 spiro atoms. The fraction of sp³-hybridized carbons (Fsp3) is 0.524. The van der Waals surface area contributed by atoms with Crippen LogP contribution in [0.15, 0.2) is 24.3 Å². The number of alkyl halides is 6. The third kappa shape index (κ3) is 5.46. The fourth-order valence-electron chi connectivity index (χ4n) is 3.99. The zero-order valence-electron chi connectivity index (χ0n) is 17.4.